The van der Waals surface area contributed by atoms with Gasteiger partial charge in [-0.2, -0.15) is 0 Å². The number of piperidine rings is 1. The van der Waals surface area contributed by atoms with Gasteiger partial charge >= 0.3 is 6.03 Å². The van der Waals surface area contributed by atoms with Crippen LogP contribution in [-0.4, -0.2) is 79.0 Å². The van der Waals surface area contributed by atoms with E-state index in [1.54, 1.807) is 4.90 Å². The third-order valence-corrected chi connectivity index (χ3v) is 4.43. The van der Waals surface area contributed by atoms with Gasteiger partial charge in [0.15, 0.2) is 0 Å². The smallest absolute Gasteiger partial charge is 0.322 e. The molecule has 0 radical (unpaired) electrons. The van der Waals surface area contributed by atoms with Gasteiger partial charge in [-0.25, -0.2) is 4.79 Å². The van der Waals surface area contributed by atoms with Crippen LogP contribution in [-0.2, 0) is 9.59 Å². The normalized spacial score (nSPS) is 30.4. The highest BCUT2D eigenvalue weighted by Crippen LogP contribution is 2.24. The van der Waals surface area contributed by atoms with Crippen molar-refractivity contribution in [2.75, 3.05) is 45.8 Å². The number of likely N-dealkylation sites (tertiary alicyclic amines) is 1. The van der Waals surface area contributed by atoms with Crippen molar-refractivity contribution in [3.8, 4) is 0 Å². The second-order valence-corrected chi connectivity index (χ2v) is 5.94. The van der Waals surface area contributed by atoms with E-state index >= 15 is 0 Å². The van der Waals surface area contributed by atoms with Crippen molar-refractivity contribution in [1.29, 1.82) is 0 Å². The molecular formula is C13H21N5O3. The molecule has 4 amide bonds. The molecule has 0 aromatic carbocycles. The number of rotatable bonds is 2. The minimum absolute atomic E-state index is 0.0323. The number of imide groups is 1. The number of nitrogens with zero attached hydrogens (tertiary/aromatic N) is 2. The van der Waals surface area contributed by atoms with Gasteiger partial charge in [0, 0.05) is 32.7 Å². The van der Waals surface area contributed by atoms with Crippen molar-refractivity contribution in [3.05, 3.63) is 0 Å². The van der Waals surface area contributed by atoms with E-state index in [2.05, 4.69) is 20.9 Å². The summed E-state index contributed by atoms with van der Waals surface area (Å²) in [6.45, 7) is 4.83. The predicted octanol–water partition coefficient (Wildman–Crippen LogP) is -1.91. The van der Waals surface area contributed by atoms with Crippen molar-refractivity contribution in [2.24, 2.45) is 0 Å². The molecule has 3 aliphatic rings. The maximum absolute atomic E-state index is 12.4. The highest BCUT2D eigenvalue weighted by atomic mass is 16.2. The zero-order valence-electron chi connectivity index (χ0n) is 12.0. The summed E-state index contributed by atoms with van der Waals surface area (Å²) in [6, 6.07) is -0.462. The van der Waals surface area contributed by atoms with Crippen molar-refractivity contribution in [3.63, 3.8) is 0 Å². The maximum Gasteiger partial charge on any atom is 0.322 e. The molecule has 3 fully saturated rings. The molecular weight excluding hydrogens is 274 g/mol. The fourth-order valence-electron chi connectivity index (χ4n) is 3.24. The van der Waals surface area contributed by atoms with Gasteiger partial charge < -0.3 is 15.5 Å². The zero-order chi connectivity index (χ0) is 14.9. The molecule has 0 aromatic heterocycles. The first-order chi connectivity index (χ1) is 10.1. The minimum Gasteiger partial charge on any atom is -0.339 e. The summed E-state index contributed by atoms with van der Waals surface area (Å²) in [7, 11) is 0. The molecule has 0 aromatic rings. The number of piperazine rings is 1. The molecule has 0 aliphatic carbocycles. The lowest BCUT2D eigenvalue weighted by Crippen LogP contribution is -2.60. The molecule has 1 spiro atoms. The lowest BCUT2D eigenvalue weighted by atomic mass is 9.89. The fourth-order valence-corrected chi connectivity index (χ4v) is 3.24. The topological polar surface area (TPSA) is 93.8 Å². The summed E-state index contributed by atoms with van der Waals surface area (Å²) in [5, 5.41) is 8.21. The Bertz CT molecular complexity index is 463. The van der Waals surface area contributed by atoms with Crippen LogP contribution >= 0.6 is 0 Å². The van der Waals surface area contributed by atoms with E-state index in [1.807, 2.05) is 0 Å². The molecule has 3 heterocycles. The lowest BCUT2D eigenvalue weighted by Gasteiger charge is -2.39. The SMILES string of the molecule is O=C1NC(=O)C2(CCCN(C(=O)CN3CCNCC3)C2)N1. The van der Waals surface area contributed by atoms with Crippen molar-refractivity contribution in [1.82, 2.24) is 25.8 Å². The number of carbonyl (C=O) groups is 3. The first-order valence-electron chi connectivity index (χ1n) is 7.43. The Hall–Kier alpha value is -1.67. The van der Waals surface area contributed by atoms with Crippen molar-refractivity contribution in [2.45, 2.75) is 18.4 Å². The Morgan fingerprint density at radius 3 is 2.62 bits per heavy atom. The maximum atomic E-state index is 12.4. The van der Waals surface area contributed by atoms with Crippen LogP contribution in [0, 0.1) is 0 Å². The number of amides is 4. The molecule has 0 saturated carbocycles. The van der Waals surface area contributed by atoms with Crippen molar-refractivity contribution >= 4 is 17.8 Å². The number of hydrogen-bond acceptors (Lipinski definition) is 5. The van der Waals surface area contributed by atoms with E-state index < -0.39 is 11.6 Å². The summed E-state index contributed by atoms with van der Waals surface area (Å²) in [6.07, 6.45) is 1.31. The Morgan fingerprint density at radius 2 is 1.95 bits per heavy atom. The lowest BCUT2D eigenvalue weighted by molar-refractivity contribution is -0.137. The van der Waals surface area contributed by atoms with E-state index in [0.29, 0.717) is 19.5 Å². The van der Waals surface area contributed by atoms with Gasteiger partial charge in [0.2, 0.25) is 5.91 Å². The Labute approximate surface area is 123 Å². The monoisotopic (exact) mass is 295 g/mol. The van der Waals surface area contributed by atoms with Crippen LogP contribution in [0.3, 0.4) is 0 Å². The van der Waals surface area contributed by atoms with Crippen LogP contribution in [0.5, 0.6) is 0 Å². The Balaban J connectivity index is 1.61. The molecule has 8 nitrogen and oxygen atoms in total. The Morgan fingerprint density at radius 1 is 1.19 bits per heavy atom. The van der Waals surface area contributed by atoms with Crippen LogP contribution in [0.4, 0.5) is 4.79 Å². The highest BCUT2D eigenvalue weighted by Gasteiger charge is 2.49. The van der Waals surface area contributed by atoms with Gasteiger partial charge in [0.05, 0.1) is 13.1 Å². The van der Waals surface area contributed by atoms with Gasteiger partial charge in [-0.05, 0) is 12.8 Å². The van der Waals surface area contributed by atoms with E-state index in [9.17, 15) is 14.4 Å². The molecule has 3 N–H and O–H groups in total. The van der Waals surface area contributed by atoms with Gasteiger partial charge in [0.1, 0.15) is 5.54 Å². The number of nitrogens with one attached hydrogen (secondary N) is 3. The van der Waals surface area contributed by atoms with Crippen LogP contribution in [0.2, 0.25) is 0 Å². The van der Waals surface area contributed by atoms with Crippen LogP contribution in [0.25, 0.3) is 0 Å². The third-order valence-electron chi connectivity index (χ3n) is 4.43. The minimum atomic E-state index is -0.922. The quantitative estimate of drug-likeness (QED) is 0.517. The summed E-state index contributed by atoms with van der Waals surface area (Å²) >= 11 is 0. The number of carbonyl (C=O) groups excluding carboxylic acids is 3. The standard InChI is InChI=1S/C13H21N5O3/c19-10(8-17-6-3-14-4-7-17)18-5-1-2-13(9-18)11(20)15-12(21)16-13/h14H,1-9H2,(H2,15,16,20,21). The summed E-state index contributed by atoms with van der Waals surface area (Å²) in [4.78, 5) is 39.6. The molecule has 0 bridgehead atoms. The van der Waals surface area contributed by atoms with Crippen LogP contribution in [0.1, 0.15) is 12.8 Å². The first-order valence-corrected chi connectivity index (χ1v) is 7.43. The molecule has 21 heavy (non-hydrogen) atoms. The van der Waals surface area contributed by atoms with E-state index in [1.165, 1.54) is 0 Å². The predicted molar refractivity (Wildman–Crippen MR) is 74.5 cm³/mol. The zero-order valence-corrected chi connectivity index (χ0v) is 12.0. The Kier molecular flexibility index (Phi) is 3.81. The van der Waals surface area contributed by atoms with Crippen molar-refractivity contribution < 1.29 is 14.4 Å². The summed E-state index contributed by atoms with van der Waals surface area (Å²) in [5.41, 5.74) is -0.922. The average molecular weight is 295 g/mol. The van der Waals surface area contributed by atoms with Gasteiger partial charge in [-0.1, -0.05) is 0 Å². The molecule has 3 rings (SSSR count). The second kappa shape index (κ2) is 5.61. The fraction of sp³-hybridized carbons (Fsp3) is 0.769. The van der Waals surface area contributed by atoms with E-state index in [-0.39, 0.29) is 18.4 Å². The van der Waals surface area contributed by atoms with Gasteiger partial charge in [-0.3, -0.25) is 19.8 Å². The molecule has 1 atom stereocenters. The summed E-state index contributed by atoms with van der Waals surface area (Å²) < 4.78 is 0. The van der Waals surface area contributed by atoms with E-state index in [4.69, 9.17) is 0 Å². The molecule has 116 valence electrons. The third kappa shape index (κ3) is 2.86. The van der Waals surface area contributed by atoms with Gasteiger partial charge in [0.25, 0.3) is 5.91 Å². The first kappa shape index (κ1) is 14.3. The molecule has 3 aliphatic heterocycles. The van der Waals surface area contributed by atoms with Gasteiger partial charge in [-0.15, -0.1) is 0 Å². The molecule has 3 saturated heterocycles. The average Bonchev–Trinajstić information content (AvgIpc) is 2.74. The van der Waals surface area contributed by atoms with Crippen LogP contribution < -0.4 is 16.0 Å². The van der Waals surface area contributed by atoms with E-state index in [0.717, 1.165) is 32.6 Å². The summed E-state index contributed by atoms with van der Waals surface area (Å²) in [5.74, 6) is -0.280. The largest absolute Gasteiger partial charge is 0.339 e. The number of hydrogen-bond donors (Lipinski definition) is 3. The molecule has 8 heteroatoms. The second-order valence-electron chi connectivity index (χ2n) is 5.94. The van der Waals surface area contributed by atoms with Crippen LogP contribution in [0.15, 0.2) is 0 Å². The number of urea groups is 1. The highest BCUT2D eigenvalue weighted by molar-refractivity contribution is 6.07. The molecule has 1 unspecified atom stereocenters.